The van der Waals surface area contributed by atoms with Crippen LogP contribution in [-0.2, 0) is 0 Å². The summed E-state index contributed by atoms with van der Waals surface area (Å²) in [5.74, 6) is 0.644. The number of likely N-dealkylation sites (N-methyl/N-ethyl adjacent to an activating group) is 1. The third-order valence-corrected chi connectivity index (χ3v) is 3.67. The Morgan fingerprint density at radius 3 is 2.81 bits per heavy atom. The van der Waals surface area contributed by atoms with Crippen molar-refractivity contribution in [3.05, 3.63) is 30.1 Å². The molecule has 0 bridgehead atoms. The zero-order valence-corrected chi connectivity index (χ0v) is 10.5. The van der Waals surface area contributed by atoms with Crippen LogP contribution in [0, 0.1) is 5.82 Å². The van der Waals surface area contributed by atoms with Gasteiger partial charge in [-0.25, -0.2) is 4.39 Å². The smallest absolute Gasteiger partial charge is 0.124 e. The number of aliphatic hydroxyl groups excluding tert-OH is 1. The van der Waals surface area contributed by atoms with Gasteiger partial charge in [0.2, 0.25) is 0 Å². The molecule has 2 N–H and O–H groups in total. The average Bonchev–Trinajstić information content (AvgIpc) is 2.29. The second kappa shape index (κ2) is 6.23. The normalized spacial score (nSPS) is 14.8. The molecule has 0 heterocycles. The van der Waals surface area contributed by atoms with Crippen LogP contribution in [0.15, 0.2) is 29.2 Å². The van der Waals surface area contributed by atoms with Crippen LogP contribution in [0.25, 0.3) is 0 Å². The van der Waals surface area contributed by atoms with Crippen LogP contribution in [-0.4, -0.2) is 30.1 Å². The van der Waals surface area contributed by atoms with Crippen molar-refractivity contribution >= 4 is 11.8 Å². The van der Waals surface area contributed by atoms with Gasteiger partial charge in [0, 0.05) is 10.4 Å². The Morgan fingerprint density at radius 2 is 2.25 bits per heavy atom. The molecule has 0 saturated carbocycles. The number of hydrogen-bond donors (Lipinski definition) is 2. The molecular weight excluding hydrogens is 225 g/mol. The number of hydrogen-bond acceptors (Lipinski definition) is 3. The molecular formula is C12H18FNOS. The summed E-state index contributed by atoms with van der Waals surface area (Å²) in [7, 11) is 1.84. The third kappa shape index (κ3) is 4.12. The molecule has 1 unspecified atom stereocenters. The highest BCUT2D eigenvalue weighted by Gasteiger charge is 2.19. The maximum Gasteiger partial charge on any atom is 0.124 e. The first-order chi connectivity index (χ1) is 7.59. The van der Waals surface area contributed by atoms with Crippen molar-refractivity contribution in [1.82, 2.24) is 5.32 Å². The first-order valence-electron chi connectivity index (χ1n) is 5.28. The molecule has 0 amide bonds. The van der Waals surface area contributed by atoms with Crippen LogP contribution in [0.2, 0.25) is 0 Å². The Bertz CT molecular complexity index is 329. The van der Waals surface area contributed by atoms with E-state index in [2.05, 4.69) is 5.32 Å². The first kappa shape index (κ1) is 13.5. The second-order valence-corrected chi connectivity index (χ2v) is 5.19. The fourth-order valence-corrected chi connectivity index (χ4v) is 2.39. The van der Waals surface area contributed by atoms with Crippen LogP contribution in [0.1, 0.15) is 13.3 Å². The van der Waals surface area contributed by atoms with Crippen LogP contribution < -0.4 is 5.32 Å². The van der Waals surface area contributed by atoms with E-state index in [1.165, 1.54) is 12.1 Å². The molecule has 0 radical (unpaired) electrons. The Labute approximate surface area is 100 Å². The van der Waals surface area contributed by atoms with E-state index in [0.29, 0.717) is 0 Å². The molecule has 0 saturated heterocycles. The highest BCUT2D eigenvalue weighted by Crippen LogP contribution is 2.22. The monoisotopic (exact) mass is 243 g/mol. The van der Waals surface area contributed by atoms with E-state index in [1.807, 2.05) is 20.0 Å². The summed E-state index contributed by atoms with van der Waals surface area (Å²) in [6, 6.07) is 6.57. The van der Waals surface area contributed by atoms with Gasteiger partial charge in [0.25, 0.3) is 0 Å². The fraction of sp³-hybridized carbons (Fsp3) is 0.500. The van der Waals surface area contributed by atoms with E-state index in [1.54, 1.807) is 17.8 Å². The van der Waals surface area contributed by atoms with Gasteiger partial charge in [-0.1, -0.05) is 6.07 Å². The first-order valence-corrected chi connectivity index (χ1v) is 6.26. The van der Waals surface area contributed by atoms with Gasteiger partial charge in [-0.05, 0) is 44.3 Å². The number of rotatable bonds is 6. The molecule has 0 spiro atoms. The van der Waals surface area contributed by atoms with Gasteiger partial charge in [0.15, 0.2) is 0 Å². The van der Waals surface area contributed by atoms with Gasteiger partial charge in [-0.2, -0.15) is 0 Å². The van der Waals surface area contributed by atoms with Gasteiger partial charge < -0.3 is 10.4 Å². The Kier molecular flexibility index (Phi) is 5.25. The van der Waals surface area contributed by atoms with E-state index < -0.39 is 0 Å². The predicted molar refractivity (Wildman–Crippen MR) is 66.3 cm³/mol. The lowest BCUT2D eigenvalue weighted by Gasteiger charge is -2.26. The van der Waals surface area contributed by atoms with Gasteiger partial charge in [0.05, 0.1) is 6.61 Å². The minimum atomic E-state index is -0.250. The Hall–Kier alpha value is -0.580. The van der Waals surface area contributed by atoms with Crippen molar-refractivity contribution in [1.29, 1.82) is 0 Å². The summed E-state index contributed by atoms with van der Waals surface area (Å²) >= 11 is 1.60. The molecule has 0 aromatic heterocycles. The lowest BCUT2D eigenvalue weighted by molar-refractivity contribution is 0.179. The highest BCUT2D eigenvalue weighted by atomic mass is 32.2. The van der Waals surface area contributed by atoms with Crippen molar-refractivity contribution in [2.24, 2.45) is 0 Å². The number of halogens is 1. The number of thioether (sulfide) groups is 1. The van der Waals surface area contributed by atoms with Crippen molar-refractivity contribution in [2.75, 3.05) is 19.4 Å². The van der Waals surface area contributed by atoms with Gasteiger partial charge in [0.1, 0.15) is 5.82 Å². The molecule has 1 aromatic rings. The van der Waals surface area contributed by atoms with Crippen molar-refractivity contribution in [3.63, 3.8) is 0 Å². The zero-order valence-electron chi connectivity index (χ0n) is 9.66. The van der Waals surface area contributed by atoms with Crippen LogP contribution >= 0.6 is 11.8 Å². The molecule has 2 nitrogen and oxygen atoms in total. The lowest BCUT2D eigenvalue weighted by atomic mass is 10.0. The van der Waals surface area contributed by atoms with Gasteiger partial charge >= 0.3 is 0 Å². The molecule has 0 aliphatic carbocycles. The zero-order chi connectivity index (χ0) is 12.0. The minimum Gasteiger partial charge on any atom is -0.394 e. The largest absolute Gasteiger partial charge is 0.394 e. The van der Waals surface area contributed by atoms with Gasteiger partial charge in [-0.3, -0.25) is 0 Å². The topological polar surface area (TPSA) is 32.3 Å². The maximum atomic E-state index is 12.9. The summed E-state index contributed by atoms with van der Waals surface area (Å²) in [6.07, 6.45) is 0.835. The van der Waals surface area contributed by atoms with Crippen LogP contribution in [0.3, 0.4) is 0 Å². The molecule has 0 aliphatic heterocycles. The maximum absolute atomic E-state index is 12.9. The van der Waals surface area contributed by atoms with E-state index >= 15 is 0 Å². The molecule has 1 rings (SSSR count). The minimum absolute atomic E-state index is 0.104. The Morgan fingerprint density at radius 1 is 1.50 bits per heavy atom. The van der Waals surface area contributed by atoms with Crippen molar-refractivity contribution < 1.29 is 9.50 Å². The average molecular weight is 243 g/mol. The highest BCUT2D eigenvalue weighted by molar-refractivity contribution is 7.99. The molecule has 1 aromatic carbocycles. The van der Waals surface area contributed by atoms with Crippen LogP contribution in [0.5, 0.6) is 0 Å². The van der Waals surface area contributed by atoms with Crippen LogP contribution in [0.4, 0.5) is 4.39 Å². The number of aliphatic hydroxyl groups is 1. The second-order valence-electron chi connectivity index (χ2n) is 4.02. The molecule has 16 heavy (non-hydrogen) atoms. The quantitative estimate of drug-likeness (QED) is 0.752. The Balaban J connectivity index is 2.41. The van der Waals surface area contributed by atoms with E-state index in [0.717, 1.165) is 17.1 Å². The van der Waals surface area contributed by atoms with Gasteiger partial charge in [-0.15, -0.1) is 11.8 Å². The predicted octanol–water partition coefficient (Wildman–Crippen LogP) is 2.28. The summed E-state index contributed by atoms with van der Waals surface area (Å²) in [5, 5.41) is 12.3. The summed E-state index contributed by atoms with van der Waals surface area (Å²) in [5.41, 5.74) is -0.250. The SMILES string of the molecule is CNC(C)(CO)CCSc1cccc(F)c1. The van der Waals surface area contributed by atoms with Crippen molar-refractivity contribution in [3.8, 4) is 0 Å². The molecule has 0 aliphatic rings. The fourth-order valence-electron chi connectivity index (χ4n) is 1.23. The third-order valence-electron chi connectivity index (χ3n) is 2.67. The summed E-state index contributed by atoms with van der Waals surface area (Å²) in [6.45, 7) is 2.08. The molecule has 4 heteroatoms. The van der Waals surface area contributed by atoms with Crippen molar-refractivity contribution in [2.45, 2.75) is 23.8 Å². The summed E-state index contributed by atoms with van der Waals surface area (Å²) < 4.78 is 12.9. The standard InChI is InChI=1S/C12H18FNOS/c1-12(9-15,14-2)6-7-16-11-5-3-4-10(13)8-11/h3-5,8,14-15H,6-7,9H2,1-2H3. The number of benzene rings is 1. The summed E-state index contributed by atoms with van der Waals surface area (Å²) in [4.78, 5) is 0.927. The molecule has 0 fully saturated rings. The van der Waals surface area contributed by atoms with E-state index in [4.69, 9.17) is 0 Å². The number of nitrogens with one attached hydrogen (secondary N) is 1. The molecule has 90 valence electrons. The molecule has 1 atom stereocenters. The van der Waals surface area contributed by atoms with E-state index in [9.17, 15) is 9.50 Å². The lowest BCUT2D eigenvalue weighted by Crippen LogP contribution is -2.43. The van der Waals surface area contributed by atoms with E-state index in [-0.39, 0.29) is 18.0 Å².